The van der Waals surface area contributed by atoms with Crippen LogP contribution in [0.15, 0.2) is 71.1 Å². The Hall–Kier alpha value is -3.28. The quantitative estimate of drug-likeness (QED) is 0.802. The molecule has 4 nitrogen and oxygen atoms in total. The second-order valence-corrected chi connectivity index (χ2v) is 7.25. The first kappa shape index (κ1) is 19.1. The summed E-state index contributed by atoms with van der Waals surface area (Å²) < 4.78 is 27.3. The summed E-state index contributed by atoms with van der Waals surface area (Å²) in [5.41, 5.74) is 3.12. The van der Waals surface area contributed by atoms with Gasteiger partial charge in [0.25, 0.3) is 5.91 Å². The van der Waals surface area contributed by atoms with E-state index in [-0.39, 0.29) is 11.5 Å². The van der Waals surface area contributed by atoms with Crippen molar-refractivity contribution in [1.29, 1.82) is 0 Å². The summed E-state index contributed by atoms with van der Waals surface area (Å²) in [4.78, 5) is 26.0. The van der Waals surface area contributed by atoms with Crippen molar-refractivity contribution in [3.63, 3.8) is 0 Å². The predicted molar refractivity (Wildman–Crippen MR) is 106 cm³/mol. The molecular weight excluding hydrogens is 374 g/mol. The number of benzene rings is 2. The summed E-state index contributed by atoms with van der Waals surface area (Å²) in [6, 6.07) is 12.3. The van der Waals surface area contributed by atoms with E-state index in [0.29, 0.717) is 23.3 Å². The zero-order valence-corrected chi connectivity index (χ0v) is 15.9. The normalized spacial score (nSPS) is 19.0. The van der Waals surface area contributed by atoms with Gasteiger partial charge in [0.05, 0.1) is 5.69 Å². The van der Waals surface area contributed by atoms with Gasteiger partial charge in [-0.1, -0.05) is 30.3 Å². The lowest BCUT2D eigenvalue weighted by molar-refractivity contribution is -0.116. The minimum atomic E-state index is -0.856. The minimum absolute atomic E-state index is 0.0124. The first-order valence-electron chi connectivity index (χ1n) is 9.51. The topological polar surface area (TPSA) is 58.2 Å². The van der Waals surface area contributed by atoms with Crippen LogP contribution in [-0.2, 0) is 9.59 Å². The molecule has 2 aromatic rings. The molecule has 1 aliphatic carbocycles. The first-order chi connectivity index (χ1) is 14.0. The first-order valence-corrected chi connectivity index (χ1v) is 9.51. The lowest BCUT2D eigenvalue weighted by Gasteiger charge is -2.34. The number of carbonyl (C=O) groups excluding carboxylic acids is 2. The highest BCUT2D eigenvalue weighted by Crippen LogP contribution is 2.42. The van der Waals surface area contributed by atoms with E-state index in [4.69, 9.17) is 0 Å². The molecule has 2 aliphatic rings. The number of carbonyl (C=O) groups is 2. The van der Waals surface area contributed by atoms with Gasteiger partial charge in [-0.3, -0.25) is 9.59 Å². The van der Waals surface area contributed by atoms with Gasteiger partial charge in [0, 0.05) is 40.9 Å². The van der Waals surface area contributed by atoms with Crippen LogP contribution in [0.1, 0.15) is 37.7 Å². The molecule has 0 fully saturated rings. The Morgan fingerprint density at radius 1 is 1.10 bits per heavy atom. The molecule has 29 heavy (non-hydrogen) atoms. The van der Waals surface area contributed by atoms with Crippen LogP contribution in [0.4, 0.5) is 14.5 Å². The van der Waals surface area contributed by atoms with E-state index in [2.05, 4.69) is 10.6 Å². The van der Waals surface area contributed by atoms with Crippen LogP contribution in [0.3, 0.4) is 0 Å². The van der Waals surface area contributed by atoms with E-state index in [1.165, 1.54) is 6.07 Å². The standard InChI is InChI=1S/C23H20F2N2O2/c1-13-20(23(29)27-17-11-10-15(24)12-16(17)25)21(14-6-3-2-4-7-14)22-18(26-13)8-5-9-19(22)28/h2-4,6-7,10-12,21,26H,5,8-9H2,1H3,(H,27,29). The maximum Gasteiger partial charge on any atom is 0.254 e. The van der Waals surface area contributed by atoms with Gasteiger partial charge in [0.1, 0.15) is 11.6 Å². The summed E-state index contributed by atoms with van der Waals surface area (Å²) in [5.74, 6) is -2.63. The SMILES string of the molecule is CC1=C(C(=O)Nc2ccc(F)cc2F)C(c2ccccc2)C2=C(CCCC2=O)N1. The smallest absolute Gasteiger partial charge is 0.254 e. The summed E-state index contributed by atoms with van der Waals surface area (Å²) in [5, 5.41) is 5.75. The number of halogens is 2. The molecule has 1 unspecified atom stereocenters. The van der Waals surface area contributed by atoms with Crippen molar-refractivity contribution in [3.8, 4) is 0 Å². The number of amides is 1. The second kappa shape index (κ2) is 7.62. The van der Waals surface area contributed by atoms with Crippen molar-refractivity contribution >= 4 is 17.4 Å². The molecule has 0 saturated heterocycles. The molecule has 2 aromatic carbocycles. The van der Waals surface area contributed by atoms with Crippen molar-refractivity contribution in [2.24, 2.45) is 0 Å². The fraction of sp³-hybridized carbons (Fsp3) is 0.217. The third-order valence-electron chi connectivity index (χ3n) is 5.33. The van der Waals surface area contributed by atoms with E-state index in [1.54, 1.807) is 6.92 Å². The average Bonchev–Trinajstić information content (AvgIpc) is 2.70. The van der Waals surface area contributed by atoms with Gasteiger partial charge >= 0.3 is 0 Å². The zero-order valence-electron chi connectivity index (χ0n) is 15.9. The van der Waals surface area contributed by atoms with Crippen molar-refractivity contribution in [1.82, 2.24) is 5.32 Å². The predicted octanol–water partition coefficient (Wildman–Crippen LogP) is 4.57. The highest BCUT2D eigenvalue weighted by atomic mass is 19.1. The van der Waals surface area contributed by atoms with Crippen LogP contribution in [0, 0.1) is 11.6 Å². The van der Waals surface area contributed by atoms with Crippen LogP contribution < -0.4 is 10.6 Å². The van der Waals surface area contributed by atoms with Crippen LogP contribution in [0.25, 0.3) is 0 Å². The zero-order chi connectivity index (χ0) is 20.5. The van der Waals surface area contributed by atoms with E-state index in [9.17, 15) is 18.4 Å². The Kier molecular flexibility index (Phi) is 5.01. The summed E-state index contributed by atoms with van der Waals surface area (Å²) in [6.45, 7) is 1.77. The molecule has 148 valence electrons. The second-order valence-electron chi connectivity index (χ2n) is 7.25. The third kappa shape index (κ3) is 3.58. The Labute approximate surface area is 167 Å². The van der Waals surface area contributed by atoms with Gasteiger partial charge in [-0.25, -0.2) is 8.78 Å². The molecule has 1 atom stereocenters. The number of rotatable bonds is 3. The average molecular weight is 394 g/mol. The fourth-order valence-corrected chi connectivity index (χ4v) is 4.04. The van der Waals surface area contributed by atoms with Gasteiger partial charge in [-0.15, -0.1) is 0 Å². The minimum Gasteiger partial charge on any atom is -0.362 e. The van der Waals surface area contributed by atoms with E-state index < -0.39 is 23.5 Å². The monoisotopic (exact) mass is 394 g/mol. The van der Waals surface area contributed by atoms with Crippen LogP contribution in [-0.4, -0.2) is 11.7 Å². The third-order valence-corrected chi connectivity index (χ3v) is 5.33. The molecule has 6 heteroatoms. The number of Topliss-reactive ketones (excluding diaryl/α,β-unsaturated/α-hetero) is 1. The Morgan fingerprint density at radius 2 is 1.86 bits per heavy atom. The number of dihydropyridines is 1. The molecule has 0 bridgehead atoms. The maximum atomic E-state index is 14.1. The van der Waals surface area contributed by atoms with E-state index in [0.717, 1.165) is 36.2 Å². The van der Waals surface area contributed by atoms with Crippen molar-refractivity contribution in [3.05, 3.63) is 88.3 Å². The van der Waals surface area contributed by atoms with E-state index >= 15 is 0 Å². The van der Waals surface area contributed by atoms with Crippen molar-refractivity contribution < 1.29 is 18.4 Å². The number of ketones is 1. The maximum absolute atomic E-state index is 14.1. The van der Waals surface area contributed by atoms with Gasteiger partial charge in [-0.05, 0) is 37.5 Å². The molecule has 0 spiro atoms. The fourth-order valence-electron chi connectivity index (χ4n) is 4.04. The molecule has 0 aromatic heterocycles. The molecule has 2 N–H and O–H groups in total. The summed E-state index contributed by atoms with van der Waals surface area (Å²) >= 11 is 0. The van der Waals surface area contributed by atoms with Crippen LogP contribution >= 0.6 is 0 Å². The molecule has 1 aliphatic heterocycles. The van der Waals surface area contributed by atoms with Crippen molar-refractivity contribution in [2.45, 2.75) is 32.1 Å². The van der Waals surface area contributed by atoms with Gasteiger partial charge in [0.15, 0.2) is 5.78 Å². The highest BCUT2D eigenvalue weighted by molar-refractivity contribution is 6.09. The van der Waals surface area contributed by atoms with Crippen LogP contribution in [0.2, 0.25) is 0 Å². The summed E-state index contributed by atoms with van der Waals surface area (Å²) in [7, 11) is 0. The number of anilines is 1. The summed E-state index contributed by atoms with van der Waals surface area (Å²) in [6.07, 6.45) is 1.94. The number of hydrogen-bond acceptors (Lipinski definition) is 3. The van der Waals surface area contributed by atoms with Gasteiger partial charge < -0.3 is 10.6 Å². The number of nitrogens with one attached hydrogen (secondary N) is 2. The molecule has 4 rings (SSSR count). The molecule has 0 saturated carbocycles. The van der Waals surface area contributed by atoms with Gasteiger partial charge in [0.2, 0.25) is 0 Å². The van der Waals surface area contributed by atoms with E-state index in [1.807, 2.05) is 30.3 Å². The van der Waals surface area contributed by atoms with Gasteiger partial charge in [-0.2, -0.15) is 0 Å². The highest BCUT2D eigenvalue weighted by Gasteiger charge is 2.38. The number of allylic oxidation sites excluding steroid dienone is 3. The molecular formula is C23H20F2N2O2. The molecule has 0 radical (unpaired) electrons. The lowest BCUT2D eigenvalue weighted by Crippen LogP contribution is -2.35. The molecule has 1 amide bonds. The van der Waals surface area contributed by atoms with Crippen molar-refractivity contribution in [2.75, 3.05) is 5.32 Å². The molecule has 1 heterocycles. The number of hydrogen-bond donors (Lipinski definition) is 2. The Bertz CT molecular complexity index is 1060. The van der Waals surface area contributed by atoms with Crippen LogP contribution in [0.5, 0.6) is 0 Å². The Morgan fingerprint density at radius 3 is 2.59 bits per heavy atom. The lowest BCUT2D eigenvalue weighted by atomic mass is 9.75. The Balaban J connectivity index is 1.77. The largest absolute Gasteiger partial charge is 0.362 e.